The summed E-state index contributed by atoms with van der Waals surface area (Å²) in [6, 6.07) is 9.73. The summed E-state index contributed by atoms with van der Waals surface area (Å²) < 4.78 is 0. The number of allylic oxidation sites excluding steroid dienone is 1. The molecule has 1 fully saturated rings. The van der Waals surface area contributed by atoms with Crippen LogP contribution in [0.1, 0.15) is 18.4 Å². The third-order valence-corrected chi connectivity index (χ3v) is 3.55. The van der Waals surface area contributed by atoms with E-state index in [0.717, 1.165) is 11.1 Å². The van der Waals surface area contributed by atoms with E-state index in [9.17, 15) is 9.59 Å². The van der Waals surface area contributed by atoms with Crippen molar-refractivity contribution in [3.8, 4) is 0 Å². The van der Waals surface area contributed by atoms with Crippen LogP contribution in [0.4, 0.5) is 0 Å². The number of benzene rings is 1. The Kier molecular flexibility index (Phi) is 4.51. The fraction of sp³-hybridized carbons (Fsp3) is 0.294. The van der Waals surface area contributed by atoms with Crippen LogP contribution >= 0.6 is 0 Å². The lowest BCUT2D eigenvalue weighted by molar-refractivity contribution is -0.137. The zero-order valence-electron chi connectivity index (χ0n) is 11.7. The molecule has 104 valence electrons. The van der Waals surface area contributed by atoms with Crippen LogP contribution in [0.3, 0.4) is 0 Å². The van der Waals surface area contributed by atoms with E-state index in [2.05, 4.69) is 6.58 Å². The van der Waals surface area contributed by atoms with E-state index in [1.807, 2.05) is 36.4 Å². The van der Waals surface area contributed by atoms with Gasteiger partial charge < -0.3 is 4.90 Å². The van der Waals surface area contributed by atoms with Crippen molar-refractivity contribution in [2.75, 3.05) is 13.6 Å². The third-order valence-electron chi connectivity index (χ3n) is 3.55. The van der Waals surface area contributed by atoms with Crippen LogP contribution < -0.4 is 0 Å². The van der Waals surface area contributed by atoms with Gasteiger partial charge in [0.05, 0.1) is 0 Å². The van der Waals surface area contributed by atoms with E-state index in [0.29, 0.717) is 19.4 Å². The molecule has 1 aromatic rings. The van der Waals surface area contributed by atoms with E-state index in [4.69, 9.17) is 0 Å². The Balaban J connectivity index is 2.12. The average molecular weight is 269 g/mol. The monoisotopic (exact) mass is 269 g/mol. The number of hydrogen-bond donors (Lipinski definition) is 0. The van der Waals surface area contributed by atoms with Gasteiger partial charge in [0.15, 0.2) is 5.78 Å². The summed E-state index contributed by atoms with van der Waals surface area (Å²) in [4.78, 5) is 26.0. The minimum Gasteiger partial charge on any atom is -0.341 e. The average Bonchev–Trinajstić information content (AvgIpc) is 2.81. The van der Waals surface area contributed by atoms with Crippen molar-refractivity contribution in [2.45, 2.75) is 12.8 Å². The van der Waals surface area contributed by atoms with Crippen LogP contribution in [-0.4, -0.2) is 30.2 Å². The number of rotatable bonds is 4. The first-order valence-corrected chi connectivity index (χ1v) is 6.79. The topological polar surface area (TPSA) is 37.4 Å². The highest BCUT2D eigenvalue weighted by Gasteiger charge is 2.36. The smallest absolute Gasteiger partial charge is 0.233 e. The largest absolute Gasteiger partial charge is 0.341 e. The van der Waals surface area contributed by atoms with Crippen molar-refractivity contribution in [3.05, 3.63) is 54.1 Å². The highest BCUT2D eigenvalue weighted by Crippen LogP contribution is 2.29. The number of nitrogens with zero attached hydrogens (tertiary/aromatic N) is 1. The van der Waals surface area contributed by atoms with Crippen LogP contribution in [0.5, 0.6) is 0 Å². The Morgan fingerprint density at radius 1 is 1.40 bits per heavy atom. The highest BCUT2D eigenvalue weighted by molar-refractivity contribution is 6.13. The molecule has 2 rings (SSSR count). The van der Waals surface area contributed by atoms with E-state index in [-0.39, 0.29) is 11.7 Å². The SMILES string of the molecule is C=CCN(C)C(=O)C1CC/C(=C\c2ccccc2)C1=O. The summed E-state index contributed by atoms with van der Waals surface area (Å²) in [6.07, 6.45) is 4.84. The van der Waals surface area contributed by atoms with Gasteiger partial charge in [-0.2, -0.15) is 0 Å². The maximum atomic E-state index is 12.3. The van der Waals surface area contributed by atoms with Gasteiger partial charge in [-0.15, -0.1) is 6.58 Å². The summed E-state index contributed by atoms with van der Waals surface area (Å²) in [6.45, 7) is 4.08. The van der Waals surface area contributed by atoms with Gasteiger partial charge in [0.2, 0.25) is 5.91 Å². The Labute approximate surface area is 119 Å². The molecule has 1 atom stereocenters. The Morgan fingerprint density at radius 2 is 2.10 bits per heavy atom. The summed E-state index contributed by atoms with van der Waals surface area (Å²) in [5.41, 5.74) is 1.75. The molecule has 0 heterocycles. The molecule has 3 nitrogen and oxygen atoms in total. The Morgan fingerprint density at radius 3 is 2.75 bits per heavy atom. The first-order valence-electron chi connectivity index (χ1n) is 6.79. The predicted octanol–water partition coefficient (Wildman–Crippen LogP) is 2.69. The Hall–Kier alpha value is -2.16. The molecule has 0 N–H and O–H groups in total. The minimum atomic E-state index is -0.519. The summed E-state index contributed by atoms with van der Waals surface area (Å²) in [5, 5.41) is 0. The van der Waals surface area contributed by atoms with Crippen LogP contribution in [-0.2, 0) is 9.59 Å². The van der Waals surface area contributed by atoms with Gasteiger partial charge in [0.25, 0.3) is 0 Å². The molecule has 3 heteroatoms. The molecule has 0 aliphatic heterocycles. The van der Waals surface area contributed by atoms with Gasteiger partial charge in [-0.3, -0.25) is 9.59 Å². The molecule has 1 unspecified atom stereocenters. The third kappa shape index (κ3) is 3.05. The van der Waals surface area contributed by atoms with Gasteiger partial charge >= 0.3 is 0 Å². The maximum absolute atomic E-state index is 12.3. The second-order valence-electron chi connectivity index (χ2n) is 5.04. The van der Waals surface area contributed by atoms with E-state index < -0.39 is 5.92 Å². The van der Waals surface area contributed by atoms with E-state index in [1.165, 1.54) is 0 Å². The van der Waals surface area contributed by atoms with Gasteiger partial charge in [-0.25, -0.2) is 0 Å². The fourth-order valence-electron chi connectivity index (χ4n) is 2.46. The summed E-state index contributed by atoms with van der Waals surface area (Å²) in [5.74, 6) is -0.656. The number of Topliss-reactive ketones (excluding diaryl/α,β-unsaturated/α-hetero) is 1. The van der Waals surface area contributed by atoms with Crippen molar-refractivity contribution in [3.63, 3.8) is 0 Å². The Bertz CT molecular complexity index is 545. The van der Waals surface area contributed by atoms with Gasteiger partial charge in [-0.1, -0.05) is 36.4 Å². The van der Waals surface area contributed by atoms with Gasteiger partial charge in [0.1, 0.15) is 5.92 Å². The van der Waals surface area contributed by atoms with Crippen molar-refractivity contribution in [2.24, 2.45) is 5.92 Å². The lowest BCUT2D eigenvalue weighted by atomic mass is 10.0. The number of carbonyl (C=O) groups is 2. The predicted molar refractivity (Wildman–Crippen MR) is 80.0 cm³/mol. The number of likely N-dealkylation sites (N-methyl/N-ethyl adjacent to an activating group) is 1. The summed E-state index contributed by atoms with van der Waals surface area (Å²) >= 11 is 0. The molecule has 0 radical (unpaired) electrons. The first-order chi connectivity index (χ1) is 9.63. The van der Waals surface area contributed by atoms with Gasteiger partial charge in [-0.05, 0) is 30.1 Å². The molecule has 1 saturated carbocycles. The number of carbonyl (C=O) groups excluding carboxylic acids is 2. The number of ketones is 1. The second-order valence-corrected chi connectivity index (χ2v) is 5.04. The normalized spacial score (nSPS) is 20.1. The molecule has 20 heavy (non-hydrogen) atoms. The lowest BCUT2D eigenvalue weighted by Gasteiger charge is -2.18. The van der Waals surface area contributed by atoms with Crippen molar-refractivity contribution in [1.29, 1.82) is 0 Å². The molecule has 1 aliphatic rings. The standard InChI is InChI=1S/C17H19NO2/c1-3-11-18(2)17(20)15-10-9-14(16(15)19)12-13-7-5-4-6-8-13/h3-8,12,15H,1,9-11H2,2H3/b14-12+. The van der Waals surface area contributed by atoms with Crippen molar-refractivity contribution in [1.82, 2.24) is 4.90 Å². The molecule has 0 saturated heterocycles. The summed E-state index contributed by atoms with van der Waals surface area (Å²) in [7, 11) is 1.70. The zero-order chi connectivity index (χ0) is 14.5. The van der Waals surface area contributed by atoms with Crippen LogP contribution in [0.2, 0.25) is 0 Å². The lowest BCUT2D eigenvalue weighted by Crippen LogP contribution is -2.35. The first kappa shape index (κ1) is 14.3. The molecule has 0 bridgehead atoms. The molecular weight excluding hydrogens is 250 g/mol. The van der Waals surface area contributed by atoms with E-state index >= 15 is 0 Å². The number of hydrogen-bond acceptors (Lipinski definition) is 2. The highest BCUT2D eigenvalue weighted by atomic mass is 16.2. The quantitative estimate of drug-likeness (QED) is 0.479. The fourth-order valence-corrected chi connectivity index (χ4v) is 2.46. The van der Waals surface area contributed by atoms with Gasteiger partial charge in [0, 0.05) is 13.6 Å². The zero-order valence-corrected chi connectivity index (χ0v) is 11.7. The molecule has 0 aromatic heterocycles. The number of amides is 1. The van der Waals surface area contributed by atoms with Crippen LogP contribution in [0.25, 0.3) is 6.08 Å². The molecule has 1 amide bonds. The minimum absolute atomic E-state index is 0.0326. The maximum Gasteiger partial charge on any atom is 0.233 e. The second kappa shape index (κ2) is 6.33. The van der Waals surface area contributed by atoms with Crippen molar-refractivity contribution >= 4 is 17.8 Å². The molecule has 1 aromatic carbocycles. The van der Waals surface area contributed by atoms with Crippen molar-refractivity contribution < 1.29 is 9.59 Å². The van der Waals surface area contributed by atoms with Crippen LogP contribution in [0, 0.1) is 5.92 Å². The van der Waals surface area contributed by atoms with Crippen LogP contribution in [0.15, 0.2) is 48.6 Å². The molecule has 0 spiro atoms. The molecule has 1 aliphatic carbocycles. The van der Waals surface area contributed by atoms with E-state index in [1.54, 1.807) is 18.0 Å². The molecular formula is C17H19NO2.